The minimum Gasteiger partial charge on any atom is -0.459 e. The number of fused-ring (bicyclic) bond motifs is 6. The number of hydrogen-bond donors (Lipinski definition) is 3. The minimum atomic E-state index is -0.737. The van der Waals surface area contributed by atoms with Gasteiger partial charge in [0, 0.05) is 28.8 Å². The molecule has 8 nitrogen and oxygen atoms in total. The number of ether oxygens (including phenoxy) is 1. The molecule has 1 fully saturated rings. The summed E-state index contributed by atoms with van der Waals surface area (Å²) in [6, 6.07) is 5.30. The van der Waals surface area contributed by atoms with Crippen molar-refractivity contribution in [3.05, 3.63) is 46.6 Å². The van der Waals surface area contributed by atoms with Gasteiger partial charge in [-0.1, -0.05) is 0 Å². The molecule has 0 aliphatic heterocycles. The first-order valence-electron chi connectivity index (χ1n) is 9.36. The van der Waals surface area contributed by atoms with Gasteiger partial charge in [0.25, 0.3) is 5.56 Å². The van der Waals surface area contributed by atoms with Crippen LogP contribution in [0.3, 0.4) is 0 Å². The van der Waals surface area contributed by atoms with Crippen molar-refractivity contribution in [2.45, 2.75) is 37.9 Å². The van der Waals surface area contributed by atoms with E-state index in [-0.39, 0.29) is 28.4 Å². The fraction of sp³-hybridized carbons (Fsp3) is 0.300. The van der Waals surface area contributed by atoms with Gasteiger partial charge in [-0.2, -0.15) is 9.71 Å². The van der Waals surface area contributed by atoms with E-state index in [1.165, 1.54) is 24.3 Å². The van der Waals surface area contributed by atoms with Crippen LogP contribution in [0.5, 0.6) is 6.01 Å². The van der Waals surface area contributed by atoms with Crippen molar-refractivity contribution >= 4 is 32.6 Å². The average molecular weight is 399 g/mol. The maximum absolute atomic E-state index is 13.9. The number of halogens is 1. The highest BCUT2D eigenvalue weighted by Crippen LogP contribution is 2.36. The Morgan fingerprint density at radius 1 is 1.14 bits per heavy atom. The number of aliphatic hydroxyl groups is 1. The number of nitrogens with zero attached hydrogens (tertiary/aromatic N) is 3. The number of aromatic nitrogens is 3. The number of rotatable bonds is 2. The van der Waals surface area contributed by atoms with E-state index < -0.39 is 17.5 Å². The molecule has 4 aromatic rings. The molecule has 0 radical (unpaired) electrons. The van der Waals surface area contributed by atoms with Crippen molar-refractivity contribution in [2.75, 3.05) is 0 Å². The highest BCUT2D eigenvalue weighted by atomic mass is 19.1. The maximum atomic E-state index is 13.9. The molecule has 2 aromatic carbocycles. The molecule has 3 N–H and O–H groups in total. The van der Waals surface area contributed by atoms with Crippen LogP contribution in [0.15, 0.2) is 35.3 Å². The summed E-state index contributed by atoms with van der Waals surface area (Å²) in [5.74, 6) is -0.540. The zero-order valence-corrected chi connectivity index (χ0v) is 15.2. The van der Waals surface area contributed by atoms with Crippen LogP contribution in [0.1, 0.15) is 25.7 Å². The predicted molar refractivity (Wildman–Crippen MR) is 102 cm³/mol. The van der Waals surface area contributed by atoms with E-state index in [1.807, 2.05) is 0 Å². The molecule has 2 heterocycles. The van der Waals surface area contributed by atoms with E-state index in [0.717, 1.165) is 23.8 Å². The lowest BCUT2D eigenvalue weighted by Gasteiger charge is -2.25. The summed E-state index contributed by atoms with van der Waals surface area (Å²) in [6.45, 7) is 0. The first-order chi connectivity index (χ1) is 13.9. The van der Waals surface area contributed by atoms with E-state index in [0.29, 0.717) is 33.9 Å². The Morgan fingerprint density at radius 3 is 2.76 bits per heavy atom. The molecule has 0 spiro atoms. The SMILES string of the molecule is O=c1c2c3cc(F)ccc3c3nc(O[C@@H]4CCC[C@@H](O)C4)n(O)c3c2ccn1O. The van der Waals surface area contributed by atoms with Crippen molar-refractivity contribution < 1.29 is 24.6 Å². The Hall–Kier alpha value is -3.33. The zero-order valence-electron chi connectivity index (χ0n) is 15.2. The number of aliphatic hydroxyl groups excluding tert-OH is 1. The van der Waals surface area contributed by atoms with E-state index >= 15 is 0 Å². The molecule has 1 saturated carbocycles. The molecule has 2 aromatic heterocycles. The topological polar surface area (TPSA) is 110 Å². The van der Waals surface area contributed by atoms with Crippen LogP contribution in [-0.2, 0) is 0 Å². The van der Waals surface area contributed by atoms with Gasteiger partial charge in [0.15, 0.2) is 0 Å². The molecular weight excluding hydrogens is 381 g/mol. The third kappa shape index (κ3) is 2.69. The van der Waals surface area contributed by atoms with Crippen molar-refractivity contribution in [1.82, 2.24) is 14.4 Å². The Balaban J connectivity index is 1.81. The van der Waals surface area contributed by atoms with Crippen molar-refractivity contribution in [3.63, 3.8) is 0 Å². The Labute approximate surface area is 162 Å². The molecule has 2 atom stereocenters. The summed E-state index contributed by atoms with van der Waals surface area (Å²) in [4.78, 5) is 17.0. The third-order valence-electron chi connectivity index (χ3n) is 5.53. The normalized spacial score (nSPS) is 19.9. The van der Waals surface area contributed by atoms with Crippen molar-refractivity contribution in [3.8, 4) is 6.01 Å². The van der Waals surface area contributed by atoms with E-state index in [2.05, 4.69) is 4.98 Å². The van der Waals surface area contributed by atoms with Crippen LogP contribution < -0.4 is 10.3 Å². The Morgan fingerprint density at radius 2 is 1.97 bits per heavy atom. The fourth-order valence-corrected chi connectivity index (χ4v) is 4.19. The molecule has 5 rings (SSSR count). The quantitative estimate of drug-likeness (QED) is 0.353. The molecule has 0 bridgehead atoms. The number of imidazole rings is 1. The van der Waals surface area contributed by atoms with Crippen LogP contribution >= 0.6 is 0 Å². The summed E-state index contributed by atoms with van der Waals surface area (Å²) >= 11 is 0. The van der Waals surface area contributed by atoms with Gasteiger partial charge in [-0.05, 0) is 43.5 Å². The Kier molecular flexibility index (Phi) is 3.88. The van der Waals surface area contributed by atoms with Crippen LogP contribution in [0, 0.1) is 5.82 Å². The van der Waals surface area contributed by atoms with E-state index in [1.54, 1.807) is 0 Å². The summed E-state index contributed by atoms with van der Waals surface area (Å²) in [6.07, 6.45) is 3.07. The molecule has 9 heteroatoms. The lowest BCUT2D eigenvalue weighted by molar-refractivity contribution is 0.0343. The van der Waals surface area contributed by atoms with Gasteiger partial charge in [0.05, 0.1) is 11.5 Å². The van der Waals surface area contributed by atoms with Crippen LogP contribution in [-0.4, -0.2) is 42.2 Å². The van der Waals surface area contributed by atoms with Crippen LogP contribution in [0.4, 0.5) is 4.39 Å². The molecule has 29 heavy (non-hydrogen) atoms. The second kappa shape index (κ2) is 6.35. The molecule has 0 amide bonds. The second-order valence-electron chi connectivity index (χ2n) is 7.41. The predicted octanol–water partition coefficient (Wildman–Crippen LogP) is 2.80. The van der Waals surface area contributed by atoms with Gasteiger partial charge >= 0.3 is 6.01 Å². The molecule has 0 unspecified atom stereocenters. The van der Waals surface area contributed by atoms with E-state index in [4.69, 9.17) is 4.74 Å². The standard InChI is InChI=1S/C20H18FN3O5/c21-10-4-5-13-15(8-10)16-14(6-7-23(27)19(16)26)18-17(13)22-20(24(18)28)29-12-3-1-2-11(25)9-12/h4-8,11-12,25,27-28H,1-3,9H2/t11-,12-/m1/s1. The van der Waals surface area contributed by atoms with Crippen molar-refractivity contribution in [2.24, 2.45) is 0 Å². The second-order valence-corrected chi connectivity index (χ2v) is 7.41. The smallest absolute Gasteiger partial charge is 0.331 e. The maximum Gasteiger partial charge on any atom is 0.331 e. The fourth-order valence-electron chi connectivity index (χ4n) is 4.19. The van der Waals surface area contributed by atoms with E-state index in [9.17, 15) is 24.7 Å². The van der Waals surface area contributed by atoms with Gasteiger partial charge in [0.1, 0.15) is 23.0 Å². The minimum absolute atomic E-state index is 0.0619. The number of benzene rings is 2. The molecular formula is C20H18FN3O5. The van der Waals surface area contributed by atoms with Gasteiger partial charge in [-0.15, -0.1) is 4.73 Å². The van der Waals surface area contributed by atoms with Gasteiger partial charge in [0.2, 0.25) is 0 Å². The number of hydrogen-bond acceptors (Lipinski definition) is 6. The largest absolute Gasteiger partial charge is 0.459 e. The summed E-state index contributed by atoms with van der Waals surface area (Å²) < 4.78 is 21.0. The van der Waals surface area contributed by atoms with Crippen LogP contribution in [0.25, 0.3) is 32.6 Å². The lowest BCUT2D eigenvalue weighted by Crippen LogP contribution is -2.29. The first kappa shape index (κ1) is 17.7. The molecule has 1 aliphatic carbocycles. The highest BCUT2D eigenvalue weighted by molar-refractivity contribution is 6.23. The highest BCUT2D eigenvalue weighted by Gasteiger charge is 2.26. The van der Waals surface area contributed by atoms with Crippen molar-refractivity contribution in [1.29, 1.82) is 0 Å². The average Bonchev–Trinajstić information content (AvgIpc) is 3.01. The van der Waals surface area contributed by atoms with Gasteiger partial charge in [-0.25, -0.2) is 4.39 Å². The summed E-state index contributed by atoms with van der Waals surface area (Å²) in [5.41, 5.74) is -0.168. The van der Waals surface area contributed by atoms with Crippen LogP contribution in [0.2, 0.25) is 0 Å². The zero-order chi connectivity index (χ0) is 20.3. The number of pyridine rings is 1. The van der Waals surface area contributed by atoms with Gasteiger partial charge in [-0.3, -0.25) is 4.79 Å². The molecule has 1 aliphatic rings. The molecule has 150 valence electrons. The van der Waals surface area contributed by atoms with Gasteiger partial charge < -0.3 is 20.3 Å². The monoisotopic (exact) mass is 399 g/mol. The first-order valence-corrected chi connectivity index (χ1v) is 9.36. The Bertz CT molecular complexity index is 1330. The molecule has 0 saturated heterocycles. The lowest BCUT2D eigenvalue weighted by atomic mass is 9.95. The third-order valence-corrected chi connectivity index (χ3v) is 5.53. The summed E-state index contributed by atoms with van der Waals surface area (Å²) in [5, 5.41) is 31.5. The summed E-state index contributed by atoms with van der Waals surface area (Å²) in [7, 11) is 0.